The van der Waals surface area contributed by atoms with Gasteiger partial charge in [0, 0.05) is 19.0 Å². The molecule has 3 rings (SSSR count). The van der Waals surface area contributed by atoms with E-state index in [1.165, 1.54) is 30.1 Å². The van der Waals surface area contributed by atoms with E-state index in [-0.39, 0.29) is 47.0 Å². The minimum atomic E-state index is -3.75. The number of likely N-dealkylation sites (tertiary alicyclic amines) is 1. The van der Waals surface area contributed by atoms with Gasteiger partial charge in [-0.3, -0.25) is 9.59 Å². The zero-order valence-corrected chi connectivity index (χ0v) is 17.6. The van der Waals surface area contributed by atoms with Crippen LogP contribution in [-0.2, 0) is 10.0 Å². The quantitative estimate of drug-likeness (QED) is 0.700. The first kappa shape index (κ1) is 22.3. The lowest BCUT2D eigenvalue weighted by atomic mass is 9.88. The predicted octanol–water partition coefficient (Wildman–Crippen LogP) is 3.26. The molecular weight excluding hydrogens is 438 g/mol. The molecule has 0 aliphatic carbocycles. The van der Waals surface area contributed by atoms with E-state index in [0.717, 1.165) is 18.2 Å². The number of hydrogen-bond acceptors (Lipinski definition) is 4. The summed E-state index contributed by atoms with van der Waals surface area (Å²) >= 11 is 6.10. The monoisotopic (exact) mass is 456 g/mol. The average molecular weight is 457 g/mol. The smallest absolute Gasteiger partial charge is 0.255 e. The van der Waals surface area contributed by atoms with Crippen molar-refractivity contribution in [2.75, 3.05) is 20.1 Å². The second-order valence-corrected chi connectivity index (χ2v) is 9.20. The van der Waals surface area contributed by atoms with Gasteiger partial charge in [0.25, 0.3) is 5.91 Å². The van der Waals surface area contributed by atoms with Crippen molar-refractivity contribution in [1.82, 2.24) is 9.62 Å². The van der Waals surface area contributed by atoms with Crippen molar-refractivity contribution in [3.63, 3.8) is 0 Å². The van der Waals surface area contributed by atoms with E-state index >= 15 is 0 Å². The Hall–Kier alpha value is -2.36. The Morgan fingerprint density at radius 3 is 2.37 bits per heavy atom. The normalized spacial score (nSPS) is 15.3. The summed E-state index contributed by atoms with van der Waals surface area (Å²) in [6, 6.07) is 6.57. The van der Waals surface area contributed by atoms with Gasteiger partial charge >= 0.3 is 0 Å². The van der Waals surface area contributed by atoms with Crippen LogP contribution in [0.5, 0.6) is 0 Å². The number of halogens is 3. The Morgan fingerprint density at radius 2 is 1.73 bits per heavy atom. The zero-order chi connectivity index (χ0) is 22.1. The van der Waals surface area contributed by atoms with Crippen LogP contribution >= 0.6 is 11.6 Å². The van der Waals surface area contributed by atoms with E-state index in [9.17, 15) is 26.8 Å². The number of carbonyl (C=O) groups is 2. The number of nitrogens with one attached hydrogen (secondary N) is 1. The number of nitrogens with zero attached hydrogens (tertiary/aromatic N) is 1. The first-order valence-corrected chi connectivity index (χ1v) is 11.0. The molecular formula is C20H19ClF2N2O4S. The highest BCUT2D eigenvalue weighted by molar-refractivity contribution is 7.89. The first-order valence-electron chi connectivity index (χ1n) is 9.15. The van der Waals surface area contributed by atoms with Gasteiger partial charge in [-0.2, -0.15) is 0 Å². The summed E-state index contributed by atoms with van der Waals surface area (Å²) in [6.07, 6.45) is 0.541. The van der Waals surface area contributed by atoms with Gasteiger partial charge in [0.05, 0.1) is 21.0 Å². The molecule has 0 bridgehead atoms. The van der Waals surface area contributed by atoms with Gasteiger partial charge in [-0.25, -0.2) is 21.9 Å². The molecule has 1 amide bonds. The number of amides is 1. The Bertz CT molecular complexity index is 1100. The fraction of sp³-hybridized carbons (Fsp3) is 0.300. The molecule has 0 unspecified atom stereocenters. The van der Waals surface area contributed by atoms with E-state index in [4.69, 9.17) is 11.6 Å². The summed E-state index contributed by atoms with van der Waals surface area (Å²) in [5.74, 6) is -2.99. The Kier molecular flexibility index (Phi) is 6.54. The molecule has 0 radical (unpaired) electrons. The number of Topliss-reactive ketones (excluding diaryl/α,β-unsaturated/α-hetero) is 1. The molecule has 1 heterocycles. The highest BCUT2D eigenvalue weighted by atomic mass is 35.5. The number of piperidine rings is 1. The molecule has 1 N–H and O–H groups in total. The number of hydrogen-bond donors (Lipinski definition) is 1. The molecule has 0 spiro atoms. The van der Waals surface area contributed by atoms with Gasteiger partial charge in [0.15, 0.2) is 5.78 Å². The van der Waals surface area contributed by atoms with Gasteiger partial charge in [-0.05, 0) is 56.3 Å². The van der Waals surface area contributed by atoms with E-state index in [1.54, 1.807) is 0 Å². The fourth-order valence-electron chi connectivity index (χ4n) is 3.37. The summed E-state index contributed by atoms with van der Waals surface area (Å²) in [7, 11) is -2.49. The van der Waals surface area contributed by atoms with Crippen molar-refractivity contribution < 1.29 is 26.8 Å². The summed E-state index contributed by atoms with van der Waals surface area (Å²) in [5.41, 5.74) is -0.262. The van der Waals surface area contributed by atoms with Crippen LogP contribution in [0.15, 0.2) is 41.3 Å². The third-order valence-electron chi connectivity index (χ3n) is 5.09. The predicted molar refractivity (Wildman–Crippen MR) is 107 cm³/mol. The SMILES string of the molecule is CNS(=O)(=O)c1ccc(Cl)c(C(=O)N2CCC(C(=O)c3cc(F)ccc3F)CC2)c1. The number of sulfonamides is 1. The summed E-state index contributed by atoms with van der Waals surface area (Å²) in [4.78, 5) is 26.8. The number of rotatable bonds is 5. The van der Waals surface area contributed by atoms with Crippen molar-refractivity contribution in [2.45, 2.75) is 17.7 Å². The lowest BCUT2D eigenvalue weighted by Crippen LogP contribution is -2.40. The molecule has 6 nitrogen and oxygen atoms in total. The Morgan fingerprint density at radius 1 is 1.07 bits per heavy atom. The maximum absolute atomic E-state index is 13.9. The van der Waals surface area contributed by atoms with Crippen LogP contribution in [0, 0.1) is 17.6 Å². The van der Waals surface area contributed by atoms with E-state index in [2.05, 4.69) is 4.72 Å². The van der Waals surface area contributed by atoms with Gasteiger partial charge in [0.1, 0.15) is 11.6 Å². The van der Waals surface area contributed by atoms with Crippen LogP contribution in [0.25, 0.3) is 0 Å². The minimum Gasteiger partial charge on any atom is -0.339 e. The van der Waals surface area contributed by atoms with Crippen LogP contribution in [0.4, 0.5) is 8.78 Å². The molecule has 1 aliphatic rings. The van der Waals surface area contributed by atoms with E-state index in [0.29, 0.717) is 0 Å². The van der Waals surface area contributed by atoms with Crippen molar-refractivity contribution in [2.24, 2.45) is 5.92 Å². The molecule has 1 aliphatic heterocycles. The van der Waals surface area contributed by atoms with Gasteiger partial charge in [-0.15, -0.1) is 0 Å². The maximum Gasteiger partial charge on any atom is 0.255 e. The molecule has 30 heavy (non-hydrogen) atoms. The Balaban J connectivity index is 1.74. The number of carbonyl (C=O) groups excluding carboxylic acids is 2. The highest BCUT2D eigenvalue weighted by Crippen LogP contribution is 2.27. The van der Waals surface area contributed by atoms with Crippen LogP contribution < -0.4 is 4.72 Å². The van der Waals surface area contributed by atoms with Crippen LogP contribution in [0.1, 0.15) is 33.6 Å². The van der Waals surface area contributed by atoms with E-state index in [1.807, 2.05) is 0 Å². The van der Waals surface area contributed by atoms with Crippen molar-refractivity contribution >= 4 is 33.3 Å². The molecule has 160 valence electrons. The van der Waals surface area contributed by atoms with Crippen molar-refractivity contribution in [1.29, 1.82) is 0 Å². The lowest BCUT2D eigenvalue weighted by molar-refractivity contribution is 0.0649. The summed E-state index contributed by atoms with van der Waals surface area (Å²) in [6.45, 7) is 0.400. The van der Waals surface area contributed by atoms with Gasteiger partial charge in [-0.1, -0.05) is 11.6 Å². The molecule has 1 fully saturated rings. The van der Waals surface area contributed by atoms with E-state index < -0.39 is 39.3 Å². The molecule has 2 aromatic rings. The van der Waals surface area contributed by atoms with Crippen LogP contribution in [0.3, 0.4) is 0 Å². The minimum absolute atomic E-state index is 0.0361. The second-order valence-electron chi connectivity index (χ2n) is 6.90. The first-order chi connectivity index (χ1) is 14.1. The highest BCUT2D eigenvalue weighted by Gasteiger charge is 2.31. The van der Waals surface area contributed by atoms with Crippen molar-refractivity contribution in [3.8, 4) is 0 Å². The third kappa shape index (κ3) is 4.53. The second kappa shape index (κ2) is 8.79. The third-order valence-corrected chi connectivity index (χ3v) is 6.84. The molecule has 1 saturated heterocycles. The van der Waals surface area contributed by atoms with Crippen LogP contribution in [-0.4, -0.2) is 45.1 Å². The largest absolute Gasteiger partial charge is 0.339 e. The molecule has 0 aromatic heterocycles. The van der Waals surface area contributed by atoms with Crippen LogP contribution in [0.2, 0.25) is 5.02 Å². The zero-order valence-electron chi connectivity index (χ0n) is 16.0. The summed E-state index contributed by atoms with van der Waals surface area (Å²) in [5, 5.41) is 0.107. The molecule has 0 atom stereocenters. The fourth-order valence-corrected chi connectivity index (χ4v) is 4.33. The average Bonchev–Trinajstić information content (AvgIpc) is 2.74. The molecule has 10 heteroatoms. The molecule has 0 saturated carbocycles. The lowest BCUT2D eigenvalue weighted by Gasteiger charge is -2.31. The topological polar surface area (TPSA) is 83.6 Å². The van der Waals surface area contributed by atoms with Gasteiger partial charge in [0.2, 0.25) is 10.0 Å². The Labute approximate surface area is 177 Å². The van der Waals surface area contributed by atoms with Crippen molar-refractivity contribution in [3.05, 3.63) is 64.2 Å². The standard InChI is InChI=1S/C20H19ClF2N2O4S/c1-24-30(28,29)14-3-4-17(21)15(11-14)20(27)25-8-6-12(7-9-25)19(26)16-10-13(22)2-5-18(16)23/h2-5,10-12,24H,6-9H2,1H3. The number of benzene rings is 2. The molecule has 2 aromatic carbocycles. The maximum atomic E-state index is 13.9. The summed E-state index contributed by atoms with van der Waals surface area (Å²) < 4.78 is 53.4. The van der Waals surface area contributed by atoms with Gasteiger partial charge < -0.3 is 4.90 Å². The number of ketones is 1.